The van der Waals surface area contributed by atoms with Crippen molar-refractivity contribution >= 4 is 11.6 Å². The molecule has 4 unspecified atom stereocenters. The average molecular weight is 337 g/mol. The van der Waals surface area contributed by atoms with Crippen LogP contribution in [0.4, 0.5) is 5.69 Å². The van der Waals surface area contributed by atoms with Crippen LogP contribution in [0.15, 0.2) is 48.8 Å². The van der Waals surface area contributed by atoms with Gasteiger partial charge in [-0.25, -0.2) is 0 Å². The molecule has 2 aliphatic rings. The van der Waals surface area contributed by atoms with Crippen LogP contribution < -0.4 is 15.8 Å². The molecule has 3 N–H and O–H groups in total. The van der Waals surface area contributed by atoms with Gasteiger partial charge in [0, 0.05) is 35.8 Å². The quantitative estimate of drug-likeness (QED) is 0.879. The van der Waals surface area contributed by atoms with E-state index in [-0.39, 0.29) is 17.9 Å². The predicted octanol–water partition coefficient (Wildman–Crippen LogP) is 2.97. The number of carbonyl (C=O) groups excluding carboxylic acids is 1. The van der Waals surface area contributed by atoms with E-state index in [1.807, 2.05) is 36.4 Å². The maximum atomic E-state index is 12.7. The van der Waals surface area contributed by atoms with Gasteiger partial charge in [0.1, 0.15) is 12.4 Å². The number of aromatic nitrogens is 1. The molecule has 1 aromatic heterocycles. The van der Waals surface area contributed by atoms with Crippen LogP contribution in [-0.2, 0) is 11.4 Å². The van der Waals surface area contributed by atoms with Crippen molar-refractivity contribution in [3.63, 3.8) is 0 Å². The van der Waals surface area contributed by atoms with E-state index >= 15 is 0 Å². The molecule has 2 aliphatic carbocycles. The number of amides is 1. The molecule has 130 valence electrons. The zero-order valence-electron chi connectivity index (χ0n) is 14.1. The van der Waals surface area contributed by atoms with Crippen molar-refractivity contribution < 1.29 is 9.53 Å². The predicted molar refractivity (Wildman–Crippen MR) is 95.9 cm³/mol. The molecule has 1 aromatic carbocycles. The van der Waals surface area contributed by atoms with Crippen molar-refractivity contribution in [1.82, 2.24) is 4.98 Å². The molecule has 0 aliphatic heterocycles. The highest BCUT2D eigenvalue weighted by atomic mass is 16.5. The third-order valence-corrected chi connectivity index (χ3v) is 5.51. The van der Waals surface area contributed by atoms with Crippen molar-refractivity contribution in [3.8, 4) is 5.75 Å². The first-order valence-corrected chi connectivity index (χ1v) is 8.89. The van der Waals surface area contributed by atoms with Crippen molar-refractivity contribution in [3.05, 3.63) is 54.4 Å². The van der Waals surface area contributed by atoms with E-state index in [0.29, 0.717) is 18.4 Å². The van der Waals surface area contributed by atoms with Gasteiger partial charge in [0.15, 0.2) is 0 Å². The van der Waals surface area contributed by atoms with E-state index in [9.17, 15) is 4.79 Å². The van der Waals surface area contributed by atoms with Crippen molar-refractivity contribution in [2.45, 2.75) is 31.9 Å². The molecule has 4 atom stereocenters. The number of anilines is 1. The topological polar surface area (TPSA) is 77.2 Å². The molecule has 0 saturated heterocycles. The van der Waals surface area contributed by atoms with Gasteiger partial charge in [-0.3, -0.25) is 9.78 Å². The highest BCUT2D eigenvalue weighted by Gasteiger charge is 2.49. The van der Waals surface area contributed by atoms with Gasteiger partial charge in [0.05, 0.1) is 5.92 Å². The van der Waals surface area contributed by atoms with Gasteiger partial charge in [0.25, 0.3) is 0 Å². The fourth-order valence-electron chi connectivity index (χ4n) is 4.26. The lowest BCUT2D eigenvalue weighted by molar-refractivity contribution is -0.121. The largest absolute Gasteiger partial charge is 0.489 e. The van der Waals surface area contributed by atoms with E-state index in [4.69, 9.17) is 10.5 Å². The molecule has 5 heteroatoms. The molecule has 2 saturated carbocycles. The molecular weight excluding hydrogens is 314 g/mol. The highest BCUT2D eigenvalue weighted by molar-refractivity contribution is 5.93. The number of pyridine rings is 1. The van der Waals surface area contributed by atoms with E-state index in [2.05, 4.69) is 10.3 Å². The Morgan fingerprint density at radius 1 is 1.24 bits per heavy atom. The van der Waals surface area contributed by atoms with Crippen molar-refractivity contribution in [1.29, 1.82) is 0 Å². The number of fused-ring (bicyclic) bond motifs is 2. The van der Waals surface area contributed by atoms with Crippen molar-refractivity contribution in [2.75, 3.05) is 5.32 Å². The molecule has 25 heavy (non-hydrogen) atoms. The van der Waals surface area contributed by atoms with Crippen LogP contribution in [0.2, 0.25) is 0 Å². The maximum Gasteiger partial charge on any atom is 0.229 e. The van der Waals surface area contributed by atoms with Gasteiger partial charge in [-0.1, -0.05) is 12.1 Å². The number of rotatable bonds is 5. The smallest absolute Gasteiger partial charge is 0.229 e. The summed E-state index contributed by atoms with van der Waals surface area (Å²) in [6, 6.07) is 11.4. The second-order valence-electron chi connectivity index (χ2n) is 7.10. The Labute approximate surface area is 147 Å². The van der Waals surface area contributed by atoms with Gasteiger partial charge < -0.3 is 15.8 Å². The van der Waals surface area contributed by atoms with Crippen LogP contribution in [-0.4, -0.2) is 16.9 Å². The normalized spacial score (nSPS) is 27.2. The molecule has 1 amide bonds. The average Bonchev–Trinajstić information content (AvgIpc) is 3.22. The lowest BCUT2D eigenvalue weighted by atomic mass is 9.84. The Morgan fingerprint density at radius 3 is 2.88 bits per heavy atom. The Kier molecular flexibility index (Phi) is 4.40. The van der Waals surface area contributed by atoms with Crippen LogP contribution >= 0.6 is 0 Å². The Morgan fingerprint density at radius 2 is 2.12 bits per heavy atom. The summed E-state index contributed by atoms with van der Waals surface area (Å²) in [5.41, 5.74) is 8.03. The second-order valence-corrected chi connectivity index (χ2v) is 7.10. The van der Waals surface area contributed by atoms with Crippen LogP contribution in [0.5, 0.6) is 5.75 Å². The van der Waals surface area contributed by atoms with Gasteiger partial charge in [-0.15, -0.1) is 0 Å². The molecular formula is C20H23N3O2. The number of carbonyl (C=O) groups is 1. The SMILES string of the molecule is NC1C2CCC(C2)C1C(=O)Nc1cccc(OCc2cccnc2)c1. The van der Waals surface area contributed by atoms with Crippen molar-refractivity contribution in [2.24, 2.45) is 23.5 Å². The number of nitrogens with two attached hydrogens (primary N) is 1. The Bertz CT molecular complexity index is 748. The van der Waals surface area contributed by atoms with Gasteiger partial charge in [-0.05, 0) is 49.3 Å². The summed E-state index contributed by atoms with van der Waals surface area (Å²) in [4.78, 5) is 16.7. The summed E-state index contributed by atoms with van der Waals surface area (Å²) >= 11 is 0. The summed E-state index contributed by atoms with van der Waals surface area (Å²) in [6.45, 7) is 0.447. The fourth-order valence-corrected chi connectivity index (χ4v) is 4.26. The number of nitrogens with one attached hydrogen (secondary N) is 1. The van der Waals surface area contributed by atoms with E-state index in [1.165, 1.54) is 6.42 Å². The summed E-state index contributed by atoms with van der Waals surface area (Å²) in [5, 5.41) is 3.03. The highest BCUT2D eigenvalue weighted by Crippen LogP contribution is 2.47. The van der Waals surface area contributed by atoms with Crippen LogP contribution in [0.25, 0.3) is 0 Å². The van der Waals surface area contributed by atoms with Crippen LogP contribution in [0, 0.1) is 17.8 Å². The minimum absolute atomic E-state index is 0.00348. The molecule has 0 spiro atoms. The van der Waals surface area contributed by atoms with Gasteiger partial charge in [0.2, 0.25) is 5.91 Å². The van der Waals surface area contributed by atoms with Gasteiger partial charge in [-0.2, -0.15) is 0 Å². The van der Waals surface area contributed by atoms with E-state index in [0.717, 1.165) is 29.8 Å². The van der Waals surface area contributed by atoms with Gasteiger partial charge >= 0.3 is 0 Å². The monoisotopic (exact) mass is 337 g/mol. The van der Waals surface area contributed by atoms with Crippen LogP contribution in [0.3, 0.4) is 0 Å². The minimum atomic E-state index is -0.0567. The molecule has 2 aromatic rings. The number of nitrogens with zero attached hydrogens (tertiary/aromatic N) is 1. The lowest BCUT2D eigenvalue weighted by Gasteiger charge is -2.27. The molecule has 5 nitrogen and oxygen atoms in total. The molecule has 0 radical (unpaired) electrons. The second kappa shape index (κ2) is 6.84. The first-order chi connectivity index (χ1) is 12.2. The third kappa shape index (κ3) is 3.37. The maximum absolute atomic E-state index is 12.7. The Hall–Kier alpha value is -2.40. The molecule has 1 heterocycles. The summed E-state index contributed by atoms with van der Waals surface area (Å²) < 4.78 is 5.79. The zero-order valence-corrected chi connectivity index (χ0v) is 14.1. The number of benzene rings is 1. The first kappa shape index (κ1) is 16.1. The lowest BCUT2D eigenvalue weighted by Crippen LogP contribution is -2.42. The standard InChI is InChI=1S/C20H23N3O2/c21-19-15-7-6-14(9-15)18(19)20(24)23-16-4-1-5-17(10-16)25-12-13-3-2-8-22-11-13/h1-5,8,10-11,14-15,18-19H,6-7,9,12,21H2,(H,23,24). The van der Waals surface area contributed by atoms with E-state index < -0.39 is 0 Å². The molecule has 4 rings (SSSR count). The summed E-state index contributed by atoms with van der Waals surface area (Å²) in [5.74, 6) is 1.68. The Balaban J connectivity index is 1.39. The minimum Gasteiger partial charge on any atom is -0.489 e. The summed E-state index contributed by atoms with van der Waals surface area (Å²) in [6.07, 6.45) is 6.92. The zero-order chi connectivity index (χ0) is 17.2. The summed E-state index contributed by atoms with van der Waals surface area (Å²) in [7, 11) is 0. The number of ether oxygens (including phenoxy) is 1. The first-order valence-electron chi connectivity index (χ1n) is 8.89. The third-order valence-electron chi connectivity index (χ3n) is 5.51. The fraction of sp³-hybridized carbons (Fsp3) is 0.400. The van der Waals surface area contributed by atoms with E-state index in [1.54, 1.807) is 12.4 Å². The molecule has 2 bridgehead atoms. The van der Waals surface area contributed by atoms with Crippen LogP contribution in [0.1, 0.15) is 24.8 Å². The molecule has 2 fully saturated rings. The number of hydrogen-bond donors (Lipinski definition) is 2. The number of hydrogen-bond acceptors (Lipinski definition) is 4.